The van der Waals surface area contributed by atoms with Gasteiger partial charge in [0.1, 0.15) is 48.8 Å². The average Bonchev–Trinajstić information content (AvgIpc) is 3.34. The summed E-state index contributed by atoms with van der Waals surface area (Å²) in [5, 5.41) is 86.7. The van der Waals surface area contributed by atoms with Crippen LogP contribution >= 0.6 is 0 Å². The first kappa shape index (κ1) is 62.8. The van der Waals surface area contributed by atoms with Gasteiger partial charge in [-0.05, 0) is 19.3 Å². The summed E-state index contributed by atoms with van der Waals surface area (Å²) in [6.07, 6.45) is 28.5. The van der Waals surface area contributed by atoms with Gasteiger partial charge in [0.2, 0.25) is 5.91 Å². The van der Waals surface area contributed by atoms with E-state index >= 15 is 0 Å². The molecule has 9 N–H and O–H groups in total. The Kier molecular flexibility index (Phi) is 38.1. The Morgan fingerprint density at radius 3 is 1.35 bits per heavy atom. The van der Waals surface area contributed by atoms with Gasteiger partial charge in [0.15, 0.2) is 12.6 Å². The van der Waals surface area contributed by atoms with Crippen LogP contribution in [0.1, 0.15) is 232 Å². The van der Waals surface area contributed by atoms with Crippen molar-refractivity contribution in [3.05, 3.63) is 12.2 Å². The first-order chi connectivity index (χ1) is 33.1. The number of amides is 1. The van der Waals surface area contributed by atoms with Gasteiger partial charge in [0.05, 0.1) is 32.0 Å². The monoisotopic (exact) mass is 974 g/mol. The van der Waals surface area contributed by atoms with Gasteiger partial charge in [-0.25, -0.2) is 0 Å². The highest BCUT2D eigenvalue weighted by atomic mass is 16.7. The molecular weight excluding hydrogens is 871 g/mol. The van der Waals surface area contributed by atoms with Crippen molar-refractivity contribution >= 4 is 5.91 Å². The molecule has 0 aromatic rings. The first-order valence-electron chi connectivity index (χ1n) is 27.9. The zero-order chi connectivity index (χ0) is 49.6. The maximum Gasteiger partial charge on any atom is 0.220 e. The number of allylic oxidation sites excluding steroid dienone is 1. The second kappa shape index (κ2) is 41.2. The third kappa shape index (κ3) is 27.5. The van der Waals surface area contributed by atoms with Crippen molar-refractivity contribution in [2.45, 2.75) is 306 Å². The number of hydrogen-bond donors (Lipinski definition) is 9. The predicted octanol–water partition coefficient (Wildman–Crippen LogP) is 8.33. The van der Waals surface area contributed by atoms with E-state index in [1.165, 1.54) is 167 Å². The van der Waals surface area contributed by atoms with Crippen LogP contribution in [0.2, 0.25) is 0 Å². The second-order valence-electron chi connectivity index (χ2n) is 20.1. The Hall–Kier alpha value is -1.27. The fourth-order valence-electron chi connectivity index (χ4n) is 9.41. The van der Waals surface area contributed by atoms with Gasteiger partial charge in [0, 0.05) is 6.42 Å². The smallest absolute Gasteiger partial charge is 0.220 e. The number of unbranched alkanes of at least 4 members (excludes halogenated alkanes) is 31. The number of aliphatic hydroxyl groups excluding tert-OH is 8. The molecule has 2 saturated heterocycles. The minimum absolute atomic E-state index is 0.237. The summed E-state index contributed by atoms with van der Waals surface area (Å²) < 4.78 is 22.7. The second-order valence-corrected chi connectivity index (χ2v) is 20.1. The summed E-state index contributed by atoms with van der Waals surface area (Å²) in [6, 6.07) is -0.907. The predicted molar refractivity (Wildman–Crippen MR) is 268 cm³/mol. The van der Waals surface area contributed by atoms with E-state index in [-0.39, 0.29) is 18.9 Å². The van der Waals surface area contributed by atoms with E-state index in [2.05, 4.69) is 19.2 Å². The largest absolute Gasteiger partial charge is 0.394 e. The quantitative estimate of drug-likeness (QED) is 0.0207. The van der Waals surface area contributed by atoms with Gasteiger partial charge in [-0.1, -0.05) is 219 Å². The van der Waals surface area contributed by atoms with E-state index < -0.39 is 86.8 Å². The number of hydrogen-bond acceptors (Lipinski definition) is 13. The molecule has 12 atom stereocenters. The van der Waals surface area contributed by atoms with E-state index in [9.17, 15) is 45.6 Å². The van der Waals surface area contributed by atoms with Gasteiger partial charge in [-0.15, -0.1) is 0 Å². The summed E-state index contributed by atoms with van der Waals surface area (Å²) in [7, 11) is 0. The third-order valence-electron chi connectivity index (χ3n) is 14.0. The van der Waals surface area contributed by atoms with Crippen molar-refractivity contribution in [3.8, 4) is 0 Å². The van der Waals surface area contributed by atoms with E-state index in [0.29, 0.717) is 6.42 Å². The number of ether oxygens (including phenoxy) is 4. The highest BCUT2D eigenvalue weighted by molar-refractivity contribution is 5.76. The zero-order valence-corrected chi connectivity index (χ0v) is 42.9. The van der Waals surface area contributed by atoms with Gasteiger partial charge >= 0.3 is 0 Å². The lowest BCUT2D eigenvalue weighted by molar-refractivity contribution is -0.359. The molecule has 2 fully saturated rings. The molecule has 2 rings (SSSR count). The molecule has 0 bridgehead atoms. The Morgan fingerprint density at radius 1 is 0.515 bits per heavy atom. The molecule has 14 nitrogen and oxygen atoms in total. The van der Waals surface area contributed by atoms with Crippen molar-refractivity contribution in [1.29, 1.82) is 0 Å². The average molecular weight is 974 g/mol. The van der Waals surface area contributed by atoms with Crippen molar-refractivity contribution in [2.75, 3.05) is 19.8 Å². The highest BCUT2D eigenvalue weighted by Gasteiger charge is 2.51. The molecule has 2 heterocycles. The van der Waals surface area contributed by atoms with Crippen LogP contribution in [0, 0.1) is 0 Å². The lowest BCUT2D eigenvalue weighted by atomic mass is 9.97. The van der Waals surface area contributed by atoms with Crippen molar-refractivity contribution in [1.82, 2.24) is 5.32 Å². The third-order valence-corrected chi connectivity index (χ3v) is 14.0. The molecule has 68 heavy (non-hydrogen) atoms. The number of carbonyl (C=O) groups is 1. The van der Waals surface area contributed by atoms with Crippen LogP contribution in [0.5, 0.6) is 0 Å². The standard InChI is InChI=1S/C54H103NO13/c1-3-5-7-9-11-13-14-15-16-17-18-19-20-21-22-23-24-25-26-27-28-30-32-34-36-38-46(59)55-42(43(58)37-35-33-31-29-12-10-8-6-4-2)41-65-53-51(64)49(62)52(45(40-57)67-53)68-54-50(63)48(61)47(60)44(39-56)66-54/h35,37,42-45,47-54,56-58,60-64H,3-34,36,38-41H2,1-2H3,(H,55,59)/b37-35+/t42-,43+,44+,45+,47-,48?,49?,50?,51?,52+,53+,54-/m0/s1. The van der Waals surface area contributed by atoms with Crippen LogP contribution in [0.15, 0.2) is 12.2 Å². The highest BCUT2D eigenvalue weighted by Crippen LogP contribution is 2.30. The lowest BCUT2D eigenvalue weighted by Crippen LogP contribution is -2.65. The molecule has 0 aromatic carbocycles. The molecule has 0 saturated carbocycles. The Labute approximate surface area is 412 Å². The molecule has 4 unspecified atom stereocenters. The number of nitrogens with one attached hydrogen (secondary N) is 1. The van der Waals surface area contributed by atoms with Crippen molar-refractivity contribution < 1.29 is 64.6 Å². The molecular formula is C54H103NO13. The van der Waals surface area contributed by atoms with Crippen LogP contribution in [0.3, 0.4) is 0 Å². The van der Waals surface area contributed by atoms with E-state index in [1.54, 1.807) is 6.08 Å². The normalized spacial score (nSPS) is 26.4. The maximum absolute atomic E-state index is 13.2. The molecule has 0 radical (unpaired) electrons. The number of aliphatic hydroxyl groups is 8. The van der Waals surface area contributed by atoms with E-state index in [0.717, 1.165) is 38.5 Å². The van der Waals surface area contributed by atoms with Gasteiger partial charge in [-0.2, -0.15) is 0 Å². The van der Waals surface area contributed by atoms with Crippen LogP contribution < -0.4 is 5.32 Å². The van der Waals surface area contributed by atoms with E-state index in [1.807, 2.05) is 6.08 Å². The van der Waals surface area contributed by atoms with Gasteiger partial charge in [0.25, 0.3) is 0 Å². The molecule has 1 amide bonds. The van der Waals surface area contributed by atoms with Gasteiger partial charge in [-0.3, -0.25) is 4.79 Å². The summed E-state index contributed by atoms with van der Waals surface area (Å²) in [5.74, 6) is -0.237. The minimum Gasteiger partial charge on any atom is -0.394 e. The molecule has 402 valence electrons. The van der Waals surface area contributed by atoms with E-state index in [4.69, 9.17) is 18.9 Å². The zero-order valence-electron chi connectivity index (χ0n) is 42.9. The molecule has 2 aliphatic heterocycles. The Morgan fingerprint density at radius 2 is 0.912 bits per heavy atom. The van der Waals surface area contributed by atoms with Crippen LogP contribution in [0.4, 0.5) is 0 Å². The fourth-order valence-corrected chi connectivity index (χ4v) is 9.41. The Bertz CT molecular complexity index is 1200. The van der Waals surface area contributed by atoms with Crippen LogP contribution in [0.25, 0.3) is 0 Å². The SMILES string of the molecule is CCCCCCCCC/C=C/[C@@H](O)[C@H](CO[C@@H]1O[C@H](CO)[C@@H](O[C@@H]2O[C@H](CO)[C@H](O)C(O)C2O)C(O)C1O)NC(=O)CCCCCCCCCCCCCCCCCCCCCCCCCCC. The fraction of sp³-hybridized carbons (Fsp3) is 0.944. The Balaban J connectivity index is 1.69. The number of rotatable bonds is 44. The molecule has 14 heteroatoms. The summed E-state index contributed by atoms with van der Waals surface area (Å²) in [4.78, 5) is 13.2. The lowest BCUT2D eigenvalue weighted by Gasteiger charge is -2.46. The topological polar surface area (TPSA) is 228 Å². The van der Waals surface area contributed by atoms with Crippen LogP contribution in [-0.2, 0) is 23.7 Å². The number of carbonyl (C=O) groups excluding carboxylic acids is 1. The molecule has 0 aromatic heterocycles. The van der Waals surface area contributed by atoms with Crippen LogP contribution in [-0.4, -0.2) is 140 Å². The summed E-state index contributed by atoms with van der Waals surface area (Å²) in [5.41, 5.74) is 0. The first-order valence-corrected chi connectivity index (χ1v) is 27.9. The molecule has 0 spiro atoms. The molecule has 2 aliphatic rings. The van der Waals surface area contributed by atoms with Gasteiger partial charge < -0.3 is 65.1 Å². The summed E-state index contributed by atoms with van der Waals surface area (Å²) >= 11 is 0. The minimum atomic E-state index is -1.78. The molecule has 0 aliphatic carbocycles. The van der Waals surface area contributed by atoms with Crippen molar-refractivity contribution in [3.63, 3.8) is 0 Å². The maximum atomic E-state index is 13.2. The summed E-state index contributed by atoms with van der Waals surface area (Å²) in [6.45, 7) is 2.77. The van der Waals surface area contributed by atoms with Crippen molar-refractivity contribution in [2.24, 2.45) is 0 Å².